The summed E-state index contributed by atoms with van der Waals surface area (Å²) in [4.78, 5) is 4.59. The standard InChI is InChI=1S/C16H31N3O/c1-6-20-11-7-10-19-12-15(5)18-16(19)17-14(4)9-8-13(2)3/h12-14H,6-11H2,1-5H3,(H,17,18). The molecule has 0 fully saturated rings. The van der Waals surface area contributed by atoms with Crippen molar-refractivity contribution in [1.29, 1.82) is 0 Å². The molecule has 1 atom stereocenters. The number of aromatic nitrogens is 2. The van der Waals surface area contributed by atoms with E-state index in [4.69, 9.17) is 4.74 Å². The maximum Gasteiger partial charge on any atom is 0.203 e. The van der Waals surface area contributed by atoms with Crippen molar-refractivity contribution >= 4 is 5.95 Å². The van der Waals surface area contributed by atoms with E-state index in [0.29, 0.717) is 6.04 Å². The van der Waals surface area contributed by atoms with E-state index in [9.17, 15) is 0 Å². The average Bonchev–Trinajstić information content (AvgIpc) is 2.72. The van der Waals surface area contributed by atoms with Crippen molar-refractivity contribution in [2.24, 2.45) is 5.92 Å². The molecular weight excluding hydrogens is 250 g/mol. The molecule has 0 aromatic carbocycles. The summed E-state index contributed by atoms with van der Waals surface area (Å²) < 4.78 is 7.60. The van der Waals surface area contributed by atoms with Crippen LogP contribution in [0.2, 0.25) is 0 Å². The number of anilines is 1. The monoisotopic (exact) mass is 281 g/mol. The zero-order valence-corrected chi connectivity index (χ0v) is 13.8. The van der Waals surface area contributed by atoms with Crippen LogP contribution in [0.1, 0.15) is 52.7 Å². The molecular formula is C16H31N3O. The molecule has 0 saturated carbocycles. The molecule has 4 nitrogen and oxygen atoms in total. The van der Waals surface area contributed by atoms with Gasteiger partial charge in [-0.05, 0) is 46.0 Å². The summed E-state index contributed by atoms with van der Waals surface area (Å²) >= 11 is 0. The normalized spacial score (nSPS) is 12.9. The lowest BCUT2D eigenvalue weighted by Crippen LogP contribution is -2.19. The fourth-order valence-corrected chi connectivity index (χ4v) is 2.19. The van der Waals surface area contributed by atoms with Crippen LogP contribution in [0.4, 0.5) is 5.95 Å². The van der Waals surface area contributed by atoms with Crippen LogP contribution < -0.4 is 5.32 Å². The van der Waals surface area contributed by atoms with E-state index in [-0.39, 0.29) is 0 Å². The molecule has 20 heavy (non-hydrogen) atoms. The van der Waals surface area contributed by atoms with Gasteiger partial charge < -0.3 is 14.6 Å². The van der Waals surface area contributed by atoms with Gasteiger partial charge in [-0.1, -0.05) is 13.8 Å². The third-order valence-electron chi connectivity index (χ3n) is 3.34. The SMILES string of the molecule is CCOCCCn1cc(C)nc1NC(C)CCC(C)C. The van der Waals surface area contributed by atoms with Crippen LogP contribution in [0.5, 0.6) is 0 Å². The summed E-state index contributed by atoms with van der Waals surface area (Å²) in [5.41, 5.74) is 1.07. The molecule has 1 aromatic rings. The lowest BCUT2D eigenvalue weighted by atomic mass is 10.0. The molecule has 0 bridgehead atoms. The molecule has 116 valence electrons. The second kappa shape index (κ2) is 9.01. The Bertz CT molecular complexity index is 374. The van der Waals surface area contributed by atoms with Gasteiger partial charge in [-0.2, -0.15) is 0 Å². The number of rotatable bonds is 10. The molecule has 0 aliphatic rings. The van der Waals surface area contributed by atoms with Gasteiger partial charge in [-0.25, -0.2) is 4.98 Å². The van der Waals surface area contributed by atoms with Gasteiger partial charge in [0, 0.05) is 32.0 Å². The summed E-state index contributed by atoms with van der Waals surface area (Å²) in [7, 11) is 0. The van der Waals surface area contributed by atoms with E-state index < -0.39 is 0 Å². The molecule has 1 unspecified atom stereocenters. The Hall–Kier alpha value is -1.03. The number of aryl methyl sites for hydroxylation is 2. The Morgan fingerprint density at radius 1 is 1.30 bits per heavy atom. The van der Waals surface area contributed by atoms with Gasteiger partial charge in [-0.15, -0.1) is 0 Å². The molecule has 1 aromatic heterocycles. The van der Waals surface area contributed by atoms with Crippen molar-refractivity contribution in [2.45, 2.75) is 66.5 Å². The highest BCUT2D eigenvalue weighted by atomic mass is 16.5. The molecule has 1 heterocycles. The minimum absolute atomic E-state index is 0.463. The second-order valence-electron chi connectivity index (χ2n) is 5.97. The average molecular weight is 281 g/mol. The third-order valence-corrected chi connectivity index (χ3v) is 3.34. The van der Waals surface area contributed by atoms with Crippen LogP contribution in [0.3, 0.4) is 0 Å². The van der Waals surface area contributed by atoms with Gasteiger partial charge in [0.15, 0.2) is 0 Å². The maximum absolute atomic E-state index is 5.39. The Balaban J connectivity index is 2.47. The smallest absolute Gasteiger partial charge is 0.203 e. The minimum atomic E-state index is 0.463. The van der Waals surface area contributed by atoms with Crippen molar-refractivity contribution in [1.82, 2.24) is 9.55 Å². The predicted octanol–water partition coefficient (Wildman–Crippen LogP) is 3.85. The van der Waals surface area contributed by atoms with Crippen LogP contribution in [-0.2, 0) is 11.3 Å². The molecule has 1 N–H and O–H groups in total. The highest BCUT2D eigenvalue weighted by molar-refractivity contribution is 5.29. The van der Waals surface area contributed by atoms with Crippen molar-refractivity contribution in [3.8, 4) is 0 Å². The summed E-state index contributed by atoms with van der Waals surface area (Å²) in [6.45, 7) is 13.4. The second-order valence-corrected chi connectivity index (χ2v) is 5.97. The first kappa shape index (κ1) is 17.0. The highest BCUT2D eigenvalue weighted by Crippen LogP contribution is 2.14. The molecule has 0 spiro atoms. The van der Waals surface area contributed by atoms with Crippen LogP contribution >= 0.6 is 0 Å². The summed E-state index contributed by atoms with van der Waals surface area (Å²) in [5, 5.41) is 3.54. The van der Waals surface area contributed by atoms with E-state index in [2.05, 4.69) is 41.8 Å². The molecule has 4 heteroatoms. The summed E-state index contributed by atoms with van der Waals surface area (Å²) in [6.07, 6.45) is 5.57. The molecule has 0 saturated heterocycles. The van der Waals surface area contributed by atoms with Crippen molar-refractivity contribution in [3.05, 3.63) is 11.9 Å². The van der Waals surface area contributed by atoms with Crippen LogP contribution in [0.15, 0.2) is 6.20 Å². The van der Waals surface area contributed by atoms with E-state index in [0.717, 1.165) is 43.7 Å². The van der Waals surface area contributed by atoms with Crippen molar-refractivity contribution < 1.29 is 4.74 Å². The van der Waals surface area contributed by atoms with Gasteiger partial charge >= 0.3 is 0 Å². The van der Waals surface area contributed by atoms with Crippen LogP contribution in [-0.4, -0.2) is 28.8 Å². The van der Waals surface area contributed by atoms with Crippen molar-refractivity contribution in [3.63, 3.8) is 0 Å². The van der Waals surface area contributed by atoms with E-state index in [1.165, 1.54) is 12.8 Å². The van der Waals surface area contributed by atoms with Crippen molar-refractivity contribution in [2.75, 3.05) is 18.5 Å². The maximum atomic E-state index is 5.39. The minimum Gasteiger partial charge on any atom is -0.382 e. The Labute approximate surface area is 123 Å². The first-order chi connectivity index (χ1) is 9.52. The number of nitrogens with zero attached hydrogens (tertiary/aromatic N) is 2. The zero-order chi connectivity index (χ0) is 15.0. The van der Waals surface area contributed by atoms with Crippen LogP contribution in [0, 0.1) is 12.8 Å². The highest BCUT2D eigenvalue weighted by Gasteiger charge is 2.09. The number of imidazole rings is 1. The van der Waals surface area contributed by atoms with Crippen LogP contribution in [0.25, 0.3) is 0 Å². The quantitative estimate of drug-likeness (QED) is 0.662. The van der Waals surface area contributed by atoms with Gasteiger partial charge in [0.05, 0.1) is 5.69 Å². The molecule has 0 amide bonds. The number of hydrogen-bond donors (Lipinski definition) is 1. The number of hydrogen-bond acceptors (Lipinski definition) is 3. The Morgan fingerprint density at radius 2 is 2.05 bits per heavy atom. The fourth-order valence-electron chi connectivity index (χ4n) is 2.19. The first-order valence-corrected chi connectivity index (χ1v) is 7.91. The third kappa shape index (κ3) is 6.42. The van der Waals surface area contributed by atoms with E-state index >= 15 is 0 Å². The summed E-state index contributed by atoms with van der Waals surface area (Å²) in [6, 6.07) is 0.463. The first-order valence-electron chi connectivity index (χ1n) is 7.91. The van der Waals surface area contributed by atoms with Gasteiger partial charge in [0.2, 0.25) is 5.95 Å². The predicted molar refractivity (Wildman–Crippen MR) is 85.2 cm³/mol. The Morgan fingerprint density at radius 3 is 2.70 bits per heavy atom. The zero-order valence-electron chi connectivity index (χ0n) is 13.8. The van der Waals surface area contributed by atoms with E-state index in [1.807, 2.05) is 13.8 Å². The lowest BCUT2D eigenvalue weighted by Gasteiger charge is -2.17. The molecule has 0 aliphatic heterocycles. The number of nitrogens with one attached hydrogen (secondary N) is 1. The Kier molecular flexibility index (Phi) is 7.67. The summed E-state index contributed by atoms with van der Waals surface area (Å²) in [5.74, 6) is 1.75. The van der Waals surface area contributed by atoms with Gasteiger partial charge in [0.1, 0.15) is 0 Å². The lowest BCUT2D eigenvalue weighted by molar-refractivity contribution is 0.142. The number of ether oxygens (including phenoxy) is 1. The van der Waals surface area contributed by atoms with Gasteiger partial charge in [0.25, 0.3) is 0 Å². The topological polar surface area (TPSA) is 39.1 Å². The molecule has 0 radical (unpaired) electrons. The molecule has 0 aliphatic carbocycles. The largest absolute Gasteiger partial charge is 0.382 e. The fraction of sp³-hybridized carbons (Fsp3) is 0.812. The van der Waals surface area contributed by atoms with E-state index in [1.54, 1.807) is 0 Å². The van der Waals surface area contributed by atoms with Gasteiger partial charge in [-0.3, -0.25) is 0 Å². The molecule has 1 rings (SSSR count).